The molecule has 1 amide bonds. The van der Waals surface area contributed by atoms with Crippen LogP contribution in [0.1, 0.15) is 16.1 Å². The van der Waals surface area contributed by atoms with Crippen LogP contribution in [0.4, 0.5) is 9.52 Å². The Bertz CT molecular complexity index is 539. The Hall–Kier alpha value is -1.95. The van der Waals surface area contributed by atoms with E-state index < -0.39 is 0 Å². The van der Waals surface area contributed by atoms with Crippen molar-refractivity contribution in [2.24, 2.45) is 0 Å². The van der Waals surface area contributed by atoms with Gasteiger partial charge in [0.15, 0.2) is 5.13 Å². The third-order valence-electron chi connectivity index (χ3n) is 2.30. The molecule has 1 heterocycles. The van der Waals surface area contributed by atoms with Gasteiger partial charge in [-0.2, -0.15) is 0 Å². The van der Waals surface area contributed by atoms with Crippen molar-refractivity contribution in [3.05, 3.63) is 46.7 Å². The second-order valence-electron chi connectivity index (χ2n) is 3.58. The van der Waals surface area contributed by atoms with Gasteiger partial charge in [-0.25, -0.2) is 9.37 Å². The molecule has 2 aromatic rings. The summed E-state index contributed by atoms with van der Waals surface area (Å²) < 4.78 is 12.7. The first-order valence-electron chi connectivity index (χ1n) is 5.35. The zero-order valence-corrected chi connectivity index (χ0v) is 10.6. The van der Waals surface area contributed by atoms with E-state index in [1.807, 2.05) is 5.38 Å². The predicted molar refractivity (Wildman–Crippen MR) is 69.2 cm³/mol. The van der Waals surface area contributed by atoms with Gasteiger partial charge in [-0.15, -0.1) is 11.3 Å². The molecule has 2 N–H and O–H groups in total. The first-order valence-corrected chi connectivity index (χ1v) is 6.23. The topological polar surface area (TPSA) is 54.0 Å². The summed E-state index contributed by atoms with van der Waals surface area (Å²) in [5.74, 6) is -0.598. The molecule has 0 saturated carbocycles. The lowest BCUT2D eigenvalue weighted by molar-refractivity contribution is 0.0950. The van der Waals surface area contributed by atoms with Gasteiger partial charge in [0.2, 0.25) is 0 Å². The third kappa shape index (κ3) is 3.04. The average Bonchev–Trinajstić information content (AvgIpc) is 2.85. The van der Waals surface area contributed by atoms with Crippen LogP contribution in [0.3, 0.4) is 0 Å². The van der Waals surface area contributed by atoms with Crippen LogP contribution in [0, 0.1) is 5.82 Å². The number of rotatable bonds is 4. The third-order valence-corrected chi connectivity index (χ3v) is 3.21. The summed E-state index contributed by atoms with van der Waals surface area (Å²) in [6.45, 7) is 0.356. The maximum atomic E-state index is 12.7. The summed E-state index contributed by atoms with van der Waals surface area (Å²) in [7, 11) is 1.79. The summed E-state index contributed by atoms with van der Waals surface area (Å²) >= 11 is 1.48. The fraction of sp³-hybridized carbons (Fsp3) is 0.167. The van der Waals surface area contributed by atoms with Crippen molar-refractivity contribution < 1.29 is 9.18 Å². The molecule has 0 bridgehead atoms. The maximum Gasteiger partial charge on any atom is 0.251 e. The van der Waals surface area contributed by atoms with Gasteiger partial charge in [-0.05, 0) is 24.3 Å². The summed E-state index contributed by atoms with van der Waals surface area (Å²) in [6, 6.07) is 5.42. The molecule has 0 spiro atoms. The lowest BCUT2D eigenvalue weighted by Gasteiger charge is -2.03. The van der Waals surface area contributed by atoms with Gasteiger partial charge in [-0.1, -0.05) is 0 Å². The minimum absolute atomic E-state index is 0.242. The van der Waals surface area contributed by atoms with E-state index in [9.17, 15) is 9.18 Å². The maximum absolute atomic E-state index is 12.7. The van der Waals surface area contributed by atoms with Gasteiger partial charge in [-0.3, -0.25) is 4.79 Å². The lowest BCUT2D eigenvalue weighted by atomic mass is 10.2. The van der Waals surface area contributed by atoms with E-state index in [4.69, 9.17) is 0 Å². The van der Waals surface area contributed by atoms with Crippen molar-refractivity contribution in [1.29, 1.82) is 0 Å². The monoisotopic (exact) mass is 265 g/mol. The second kappa shape index (κ2) is 5.59. The zero-order chi connectivity index (χ0) is 13.0. The molecule has 1 aromatic heterocycles. The Balaban J connectivity index is 1.93. The number of halogens is 1. The highest BCUT2D eigenvalue weighted by Crippen LogP contribution is 2.14. The molecule has 6 heteroatoms. The fourth-order valence-electron chi connectivity index (χ4n) is 1.38. The molecular formula is C12H12FN3OS. The van der Waals surface area contributed by atoms with Crippen LogP contribution < -0.4 is 10.6 Å². The summed E-state index contributed by atoms with van der Waals surface area (Å²) in [6.07, 6.45) is 0. The fourth-order valence-corrected chi connectivity index (χ4v) is 2.05. The Labute approximate surface area is 108 Å². The predicted octanol–water partition coefficient (Wildman–Crippen LogP) is 2.25. The number of benzene rings is 1. The Morgan fingerprint density at radius 3 is 2.72 bits per heavy atom. The van der Waals surface area contributed by atoms with Gasteiger partial charge in [0.1, 0.15) is 5.82 Å². The van der Waals surface area contributed by atoms with Gasteiger partial charge < -0.3 is 10.6 Å². The number of carbonyl (C=O) groups is 1. The molecule has 1 aromatic carbocycles. The lowest BCUT2D eigenvalue weighted by Crippen LogP contribution is -2.22. The van der Waals surface area contributed by atoms with E-state index in [-0.39, 0.29) is 11.7 Å². The number of amides is 1. The Morgan fingerprint density at radius 1 is 1.39 bits per heavy atom. The zero-order valence-electron chi connectivity index (χ0n) is 9.74. The number of hydrogen-bond donors (Lipinski definition) is 2. The largest absolute Gasteiger partial charge is 0.365 e. The average molecular weight is 265 g/mol. The Morgan fingerprint density at radius 2 is 2.11 bits per heavy atom. The number of hydrogen-bond acceptors (Lipinski definition) is 4. The van der Waals surface area contributed by atoms with E-state index in [2.05, 4.69) is 15.6 Å². The molecule has 0 unspecified atom stereocenters. The van der Waals surface area contributed by atoms with Crippen LogP contribution in [-0.4, -0.2) is 17.9 Å². The SMILES string of the molecule is CNc1nc(CNC(=O)c2ccc(F)cc2)cs1. The standard InChI is InChI=1S/C12H12FN3OS/c1-14-12-16-10(7-18-12)6-15-11(17)8-2-4-9(13)5-3-8/h2-5,7H,6H2,1H3,(H,14,16)(H,15,17). The van der Waals surface area contributed by atoms with Crippen LogP contribution in [0.15, 0.2) is 29.6 Å². The Kier molecular flexibility index (Phi) is 3.88. The smallest absolute Gasteiger partial charge is 0.251 e. The van der Waals surface area contributed by atoms with Crippen LogP contribution in [-0.2, 0) is 6.54 Å². The van der Waals surface area contributed by atoms with Gasteiger partial charge in [0.05, 0.1) is 12.2 Å². The van der Waals surface area contributed by atoms with Crippen molar-refractivity contribution in [1.82, 2.24) is 10.3 Å². The van der Waals surface area contributed by atoms with Crippen molar-refractivity contribution in [3.63, 3.8) is 0 Å². The molecule has 0 atom stereocenters. The summed E-state index contributed by atoms with van der Waals surface area (Å²) in [5, 5.41) is 8.33. The molecule has 4 nitrogen and oxygen atoms in total. The van der Waals surface area contributed by atoms with Crippen molar-refractivity contribution in [2.45, 2.75) is 6.54 Å². The number of anilines is 1. The van der Waals surface area contributed by atoms with E-state index in [0.717, 1.165) is 10.8 Å². The van der Waals surface area contributed by atoms with Crippen LogP contribution in [0.5, 0.6) is 0 Å². The number of nitrogens with zero attached hydrogens (tertiary/aromatic N) is 1. The van der Waals surface area contributed by atoms with Crippen LogP contribution in [0.25, 0.3) is 0 Å². The molecule has 0 fully saturated rings. The van der Waals surface area contributed by atoms with Crippen molar-refractivity contribution >= 4 is 22.4 Å². The normalized spacial score (nSPS) is 10.1. The molecule has 18 heavy (non-hydrogen) atoms. The summed E-state index contributed by atoms with van der Waals surface area (Å²) in [4.78, 5) is 16.0. The molecule has 2 rings (SSSR count). The minimum atomic E-state index is -0.357. The molecule has 0 radical (unpaired) electrons. The first-order chi connectivity index (χ1) is 8.69. The van der Waals surface area contributed by atoms with E-state index in [1.165, 1.54) is 35.6 Å². The number of nitrogens with one attached hydrogen (secondary N) is 2. The van der Waals surface area contributed by atoms with Gasteiger partial charge in [0.25, 0.3) is 5.91 Å². The molecule has 0 aliphatic heterocycles. The van der Waals surface area contributed by atoms with E-state index in [1.54, 1.807) is 7.05 Å². The quantitative estimate of drug-likeness (QED) is 0.891. The number of thiazole rings is 1. The van der Waals surface area contributed by atoms with E-state index >= 15 is 0 Å². The van der Waals surface area contributed by atoms with E-state index in [0.29, 0.717) is 12.1 Å². The number of aromatic nitrogens is 1. The van der Waals surface area contributed by atoms with Crippen LogP contribution in [0.2, 0.25) is 0 Å². The highest BCUT2D eigenvalue weighted by molar-refractivity contribution is 7.13. The van der Waals surface area contributed by atoms with Crippen LogP contribution >= 0.6 is 11.3 Å². The molecule has 0 saturated heterocycles. The highest BCUT2D eigenvalue weighted by atomic mass is 32.1. The molecular weight excluding hydrogens is 253 g/mol. The van der Waals surface area contributed by atoms with Crippen molar-refractivity contribution in [2.75, 3.05) is 12.4 Å². The van der Waals surface area contributed by atoms with Gasteiger partial charge >= 0.3 is 0 Å². The highest BCUT2D eigenvalue weighted by Gasteiger charge is 2.06. The first kappa shape index (κ1) is 12.5. The minimum Gasteiger partial charge on any atom is -0.365 e. The second-order valence-corrected chi connectivity index (χ2v) is 4.44. The molecule has 0 aliphatic carbocycles. The van der Waals surface area contributed by atoms with Crippen molar-refractivity contribution in [3.8, 4) is 0 Å². The molecule has 94 valence electrons. The summed E-state index contributed by atoms with van der Waals surface area (Å²) in [5.41, 5.74) is 1.22. The molecule has 0 aliphatic rings. The van der Waals surface area contributed by atoms with Gasteiger partial charge in [0, 0.05) is 18.0 Å². The number of carbonyl (C=O) groups excluding carboxylic acids is 1.